The minimum atomic E-state index is -0.512. The number of rotatable bonds is 3. The Balaban J connectivity index is 2.35. The second-order valence-corrected chi connectivity index (χ2v) is 5.58. The summed E-state index contributed by atoms with van der Waals surface area (Å²) in [4.78, 5) is 22.7. The largest absolute Gasteiger partial charge is 0.321 e. The molecule has 1 amide bonds. The molecule has 0 saturated carbocycles. The van der Waals surface area contributed by atoms with Gasteiger partial charge in [-0.3, -0.25) is 14.9 Å². The first-order valence-electron chi connectivity index (χ1n) is 5.90. The van der Waals surface area contributed by atoms with E-state index in [0.29, 0.717) is 20.7 Å². The molecule has 0 saturated heterocycles. The van der Waals surface area contributed by atoms with Crippen molar-refractivity contribution in [3.63, 3.8) is 0 Å². The van der Waals surface area contributed by atoms with Crippen molar-refractivity contribution >= 4 is 44.8 Å². The van der Waals surface area contributed by atoms with E-state index in [1.165, 1.54) is 18.2 Å². The van der Waals surface area contributed by atoms with Gasteiger partial charge in [-0.1, -0.05) is 17.7 Å². The molecular formula is C14H10BrClN2O3. The highest BCUT2D eigenvalue weighted by Gasteiger charge is 2.18. The van der Waals surface area contributed by atoms with Crippen LogP contribution in [-0.4, -0.2) is 10.8 Å². The predicted molar refractivity (Wildman–Crippen MR) is 84.9 cm³/mol. The topological polar surface area (TPSA) is 72.2 Å². The van der Waals surface area contributed by atoms with Crippen molar-refractivity contribution < 1.29 is 9.72 Å². The number of hydrogen-bond donors (Lipinski definition) is 1. The maximum atomic E-state index is 12.3. The van der Waals surface area contributed by atoms with E-state index in [1.54, 1.807) is 25.1 Å². The number of nitro groups is 1. The molecular weight excluding hydrogens is 360 g/mol. The molecule has 0 aliphatic heterocycles. The van der Waals surface area contributed by atoms with Crippen LogP contribution in [0, 0.1) is 17.0 Å². The monoisotopic (exact) mass is 368 g/mol. The molecule has 2 aromatic carbocycles. The van der Waals surface area contributed by atoms with Gasteiger partial charge in [0.05, 0.1) is 10.6 Å². The summed E-state index contributed by atoms with van der Waals surface area (Å²) in [5.74, 6) is -0.431. The van der Waals surface area contributed by atoms with Crippen LogP contribution in [-0.2, 0) is 0 Å². The van der Waals surface area contributed by atoms with Crippen molar-refractivity contribution in [2.24, 2.45) is 0 Å². The first-order chi connectivity index (χ1) is 9.90. The van der Waals surface area contributed by atoms with Gasteiger partial charge < -0.3 is 5.32 Å². The van der Waals surface area contributed by atoms with E-state index in [1.807, 2.05) is 0 Å². The average molecular weight is 370 g/mol. The summed E-state index contributed by atoms with van der Waals surface area (Å²) < 4.78 is 0.670. The smallest absolute Gasteiger partial charge is 0.273 e. The van der Waals surface area contributed by atoms with Crippen LogP contribution in [0.2, 0.25) is 5.02 Å². The summed E-state index contributed by atoms with van der Waals surface area (Å²) in [6.07, 6.45) is 0. The van der Waals surface area contributed by atoms with Gasteiger partial charge in [-0.2, -0.15) is 0 Å². The molecule has 0 fully saturated rings. The Kier molecular flexibility index (Phi) is 4.59. The number of carbonyl (C=O) groups is 1. The molecule has 0 bridgehead atoms. The molecule has 0 aliphatic carbocycles. The van der Waals surface area contributed by atoms with Crippen molar-refractivity contribution in [1.82, 2.24) is 0 Å². The molecule has 0 heterocycles. The zero-order chi connectivity index (χ0) is 15.6. The van der Waals surface area contributed by atoms with E-state index in [9.17, 15) is 14.9 Å². The Morgan fingerprint density at radius 1 is 1.33 bits per heavy atom. The minimum absolute atomic E-state index is 0.0900. The lowest BCUT2D eigenvalue weighted by Crippen LogP contribution is -2.14. The highest BCUT2D eigenvalue weighted by molar-refractivity contribution is 9.10. The maximum absolute atomic E-state index is 12.3. The third kappa shape index (κ3) is 3.40. The fraction of sp³-hybridized carbons (Fsp3) is 0.0714. The quantitative estimate of drug-likeness (QED) is 0.636. The molecule has 1 N–H and O–H groups in total. The zero-order valence-corrected chi connectivity index (χ0v) is 13.2. The molecule has 0 radical (unpaired) electrons. The van der Waals surface area contributed by atoms with Crippen LogP contribution in [0.3, 0.4) is 0 Å². The zero-order valence-electron chi connectivity index (χ0n) is 10.9. The van der Waals surface area contributed by atoms with Gasteiger partial charge >= 0.3 is 0 Å². The minimum Gasteiger partial charge on any atom is -0.321 e. The summed E-state index contributed by atoms with van der Waals surface area (Å²) in [6.45, 7) is 1.54. The summed E-state index contributed by atoms with van der Waals surface area (Å²) >= 11 is 9.19. The molecule has 7 heteroatoms. The number of nitro benzene ring substituents is 1. The summed E-state index contributed by atoms with van der Waals surface area (Å²) in [6, 6.07) is 9.36. The lowest BCUT2D eigenvalue weighted by atomic mass is 10.1. The summed E-state index contributed by atoms with van der Waals surface area (Å²) in [5, 5.41) is 14.1. The van der Waals surface area contributed by atoms with Crippen LogP contribution in [0.25, 0.3) is 0 Å². The van der Waals surface area contributed by atoms with Gasteiger partial charge in [0.1, 0.15) is 0 Å². The van der Waals surface area contributed by atoms with Gasteiger partial charge in [0.15, 0.2) is 0 Å². The Bertz CT molecular complexity index is 734. The first kappa shape index (κ1) is 15.5. The highest BCUT2D eigenvalue weighted by atomic mass is 79.9. The average Bonchev–Trinajstić information content (AvgIpc) is 2.42. The molecule has 0 aliphatic rings. The molecule has 5 nitrogen and oxygen atoms in total. The van der Waals surface area contributed by atoms with Gasteiger partial charge in [0.25, 0.3) is 11.6 Å². The predicted octanol–water partition coefficient (Wildman–Crippen LogP) is 4.57. The SMILES string of the molecule is Cc1c(C(=O)Nc2cc(Cl)ccc2Br)cccc1[N+](=O)[O-]. The lowest BCUT2D eigenvalue weighted by molar-refractivity contribution is -0.385. The van der Waals surface area contributed by atoms with Gasteiger partial charge in [-0.25, -0.2) is 0 Å². The molecule has 2 rings (SSSR count). The second-order valence-electron chi connectivity index (χ2n) is 4.29. The van der Waals surface area contributed by atoms with E-state index in [-0.39, 0.29) is 11.3 Å². The number of carbonyl (C=O) groups excluding carboxylic acids is 1. The third-order valence-corrected chi connectivity index (χ3v) is 3.85. The Morgan fingerprint density at radius 3 is 2.71 bits per heavy atom. The summed E-state index contributed by atoms with van der Waals surface area (Å²) in [7, 11) is 0. The first-order valence-corrected chi connectivity index (χ1v) is 7.07. The number of benzene rings is 2. The van der Waals surface area contributed by atoms with Gasteiger partial charge in [-0.05, 0) is 47.1 Å². The molecule has 0 spiro atoms. The normalized spacial score (nSPS) is 10.2. The Morgan fingerprint density at radius 2 is 2.05 bits per heavy atom. The van der Waals surface area contributed by atoms with E-state index in [0.717, 1.165) is 0 Å². The van der Waals surface area contributed by atoms with Crippen LogP contribution >= 0.6 is 27.5 Å². The number of nitrogens with zero attached hydrogens (tertiary/aromatic N) is 1. The van der Waals surface area contributed by atoms with Gasteiger partial charge in [-0.15, -0.1) is 0 Å². The lowest BCUT2D eigenvalue weighted by Gasteiger charge is -2.09. The fourth-order valence-electron chi connectivity index (χ4n) is 1.85. The van der Waals surface area contributed by atoms with Gasteiger partial charge in [0.2, 0.25) is 0 Å². The van der Waals surface area contributed by atoms with Crippen molar-refractivity contribution in [3.05, 3.63) is 67.1 Å². The fourth-order valence-corrected chi connectivity index (χ4v) is 2.37. The van der Waals surface area contributed by atoms with Crippen LogP contribution < -0.4 is 5.32 Å². The Labute approximate surface area is 134 Å². The third-order valence-electron chi connectivity index (χ3n) is 2.92. The number of halogens is 2. The van der Waals surface area contributed by atoms with Crippen LogP contribution in [0.15, 0.2) is 40.9 Å². The molecule has 2 aromatic rings. The van der Waals surface area contributed by atoms with E-state index in [4.69, 9.17) is 11.6 Å². The maximum Gasteiger partial charge on any atom is 0.273 e. The van der Waals surface area contributed by atoms with Crippen LogP contribution in [0.4, 0.5) is 11.4 Å². The Hall–Kier alpha value is -1.92. The molecule has 108 valence electrons. The van der Waals surface area contributed by atoms with Crippen molar-refractivity contribution in [2.45, 2.75) is 6.92 Å². The summed E-state index contributed by atoms with van der Waals surface area (Å²) in [5.41, 5.74) is 0.973. The molecule has 0 atom stereocenters. The number of hydrogen-bond acceptors (Lipinski definition) is 3. The van der Waals surface area contributed by atoms with Crippen molar-refractivity contribution in [2.75, 3.05) is 5.32 Å². The highest BCUT2D eigenvalue weighted by Crippen LogP contribution is 2.27. The van der Waals surface area contributed by atoms with E-state index >= 15 is 0 Å². The van der Waals surface area contributed by atoms with E-state index < -0.39 is 10.8 Å². The number of nitrogens with one attached hydrogen (secondary N) is 1. The van der Waals surface area contributed by atoms with Crippen LogP contribution in [0.5, 0.6) is 0 Å². The molecule has 0 unspecified atom stereocenters. The van der Waals surface area contributed by atoms with E-state index in [2.05, 4.69) is 21.2 Å². The van der Waals surface area contributed by atoms with Crippen molar-refractivity contribution in [3.8, 4) is 0 Å². The number of anilines is 1. The van der Waals surface area contributed by atoms with Crippen LogP contribution in [0.1, 0.15) is 15.9 Å². The number of amides is 1. The second kappa shape index (κ2) is 6.24. The van der Waals surface area contributed by atoms with Crippen molar-refractivity contribution in [1.29, 1.82) is 0 Å². The molecule has 0 aromatic heterocycles. The van der Waals surface area contributed by atoms with Gasteiger partial charge in [0, 0.05) is 26.7 Å². The molecule has 21 heavy (non-hydrogen) atoms. The standard InChI is InChI=1S/C14H10BrClN2O3/c1-8-10(3-2-4-13(8)18(20)21)14(19)17-12-7-9(16)5-6-11(12)15/h2-7H,1H3,(H,17,19).